The van der Waals surface area contributed by atoms with Gasteiger partial charge in [-0.1, -0.05) is 48.5 Å². The minimum atomic E-state index is -1.21. The Morgan fingerprint density at radius 1 is 0.926 bits per heavy atom. The molecule has 3 atom stereocenters. The van der Waals surface area contributed by atoms with Crippen molar-refractivity contribution in [3.05, 3.63) is 95.9 Å². The van der Waals surface area contributed by atoms with Crippen LogP contribution >= 0.6 is 0 Å². The van der Waals surface area contributed by atoms with E-state index in [0.29, 0.717) is 11.3 Å². The minimum Gasteiger partial charge on any atom is -0.469 e. The van der Waals surface area contributed by atoms with E-state index in [9.17, 15) is 9.59 Å². The average molecular weight is 361 g/mol. The van der Waals surface area contributed by atoms with Gasteiger partial charge in [0.15, 0.2) is 5.54 Å². The summed E-state index contributed by atoms with van der Waals surface area (Å²) in [7, 11) is 1.33. The summed E-state index contributed by atoms with van der Waals surface area (Å²) in [5.74, 6) is -0.777. The number of amides is 1. The molecule has 136 valence electrons. The fraction of sp³-hybridized carbons (Fsp3) is 0.182. The topological polar surface area (TPSA) is 68.5 Å². The Bertz CT molecular complexity index is 937. The fourth-order valence-corrected chi connectivity index (χ4v) is 3.84. The monoisotopic (exact) mass is 361 g/mol. The zero-order valence-corrected chi connectivity index (χ0v) is 14.8. The normalized spacial score (nSPS) is 23.4. The Morgan fingerprint density at radius 2 is 1.59 bits per heavy atom. The summed E-state index contributed by atoms with van der Waals surface area (Å²) in [5, 5.41) is 2.95. The first-order valence-electron chi connectivity index (χ1n) is 8.73. The van der Waals surface area contributed by atoms with Crippen LogP contribution in [0.4, 0.5) is 0 Å². The Labute approximate surface area is 157 Å². The van der Waals surface area contributed by atoms with Crippen LogP contribution in [0.5, 0.6) is 0 Å². The lowest BCUT2D eigenvalue weighted by Gasteiger charge is -2.18. The number of carbonyl (C=O) groups excluding carboxylic acids is 2. The van der Waals surface area contributed by atoms with Crippen molar-refractivity contribution < 1.29 is 18.7 Å². The zero-order chi connectivity index (χ0) is 18.9. The predicted octanol–water partition coefficient (Wildman–Crippen LogP) is 3.50. The first-order valence-corrected chi connectivity index (χ1v) is 8.73. The van der Waals surface area contributed by atoms with Crippen LogP contribution in [0.15, 0.2) is 83.5 Å². The lowest BCUT2D eigenvalue weighted by atomic mass is 10.1. The van der Waals surface area contributed by atoms with Crippen molar-refractivity contribution in [2.75, 3.05) is 7.11 Å². The van der Waals surface area contributed by atoms with E-state index in [1.807, 2.05) is 42.5 Å². The Balaban J connectivity index is 1.77. The lowest BCUT2D eigenvalue weighted by Crippen LogP contribution is -2.46. The van der Waals surface area contributed by atoms with Gasteiger partial charge in [-0.3, -0.25) is 4.79 Å². The van der Waals surface area contributed by atoms with E-state index in [-0.39, 0.29) is 17.7 Å². The number of furan rings is 1. The first kappa shape index (κ1) is 17.1. The van der Waals surface area contributed by atoms with Gasteiger partial charge < -0.3 is 14.5 Å². The molecule has 0 spiro atoms. The van der Waals surface area contributed by atoms with Crippen molar-refractivity contribution in [2.24, 2.45) is 0 Å². The summed E-state index contributed by atoms with van der Waals surface area (Å²) in [6.07, 6.45) is 1.57. The van der Waals surface area contributed by atoms with Crippen molar-refractivity contribution in [3.63, 3.8) is 0 Å². The number of hydrogen-bond donors (Lipinski definition) is 1. The molecule has 0 unspecified atom stereocenters. The molecule has 2 aromatic carbocycles. The van der Waals surface area contributed by atoms with Gasteiger partial charge in [0.05, 0.1) is 19.3 Å². The largest absolute Gasteiger partial charge is 0.469 e. The Kier molecular flexibility index (Phi) is 4.28. The summed E-state index contributed by atoms with van der Waals surface area (Å²) < 4.78 is 10.7. The standard InChI is InChI=1S/C22H19NO4/c1-26-21(25)22(23-20(24)16-11-6-3-7-12-16)18(15-9-4-2-5-10-15)19(22)17-13-8-14-27-17/h2-14,18-19H,1H3,(H,23,24)/t18-,19-,22+/m1/s1. The van der Waals surface area contributed by atoms with Crippen molar-refractivity contribution >= 4 is 11.9 Å². The molecular formula is C22H19NO4. The number of esters is 1. The number of benzene rings is 2. The quantitative estimate of drug-likeness (QED) is 0.706. The third-order valence-corrected chi connectivity index (χ3v) is 5.09. The Morgan fingerprint density at radius 3 is 2.19 bits per heavy atom. The molecule has 1 aromatic heterocycles. The molecule has 1 aliphatic rings. The maximum Gasteiger partial charge on any atom is 0.333 e. The molecule has 1 heterocycles. The highest BCUT2D eigenvalue weighted by atomic mass is 16.5. The molecule has 0 radical (unpaired) electrons. The molecule has 5 nitrogen and oxygen atoms in total. The van der Waals surface area contributed by atoms with Gasteiger partial charge in [0.25, 0.3) is 5.91 Å². The predicted molar refractivity (Wildman–Crippen MR) is 99.3 cm³/mol. The number of rotatable bonds is 5. The van der Waals surface area contributed by atoms with Gasteiger partial charge >= 0.3 is 5.97 Å². The molecule has 1 aliphatic carbocycles. The third kappa shape index (κ3) is 2.81. The van der Waals surface area contributed by atoms with E-state index in [1.54, 1.807) is 36.6 Å². The number of ether oxygens (including phenoxy) is 1. The SMILES string of the molecule is COC(=O)[C@]1(NC(=O)c2ccccc2)[C@H](c2ccccc2)[C@H]1c1ccco1. The summed E-state index contributed by atoms with van der Waals surface area (Å²) >= 11 is 0. The summed E-state index contributed by atoms with van der Waals surface area (Å²) in [5.41, 5.74) is 0.219. The lowest BCUT2D eigenvalue weighted by molar-refractivity contribution is -0.144. The van der Waals surface area contributed by atoms with Crippen LogP contribution in [-0.2, 0) is 9.53 Å². The molecule has 3 aromatic rings. The van der Waals surface area contributed by atoms with Gasteiger partial charge in [-0.2, -0.15) is 0 Å². The van der Waals surface area contributed by atoms with Gasteiger partial charge in [0, 0.05) is 11.5 Å². The van der Waals surface area contributed by atoms with Gasteiger partial charge in [-0.25, -0.2) is 4.79 Å². The Hall–Kier alpha value is -3.34. The van der Waals surface area contributed by atoms with E-state index >= 15 is 0 Å². The molecule has 27 heavy (non-hydrogen) atoms. The summed E-state index contributed by atoms with van der Waals surface area (Å²) in [6, 6.07) is 22.0. The second kappa shape index (κ2) is 6.76. The van der Waals surface area contributed by atoms with Crippen LogP contribution in [-0.4, -0.2) is 24.5 Å². The smallest absolute Gasteiger partial charge is 0.333 e. The highest BCUT2D eigenvalue weighted by Crippen LogP contribution is 2.64. The molecule has 1 saturated carbocycles. The minimum absolute atomic E-state index is 0.273. The molecule has 0 saturated heterocycles. The van der Waals surface area contributed by atoms with Crippen molar-refractivity contribution in [3.8, 4) is 0 Å². The van der Waals surface area contributed by atoms with Gasteiger partial charge in [-0.15, -0.1) is 0 Å². The van der Waals surface area contributed by atoms with Gasteiger partial charge in [0.1, 0.15) is 5.76 Å². The summed E-state index contributed by atoms with van der Waals surface area (Å²) in [6.45, 7) is 0. The second-order valence-electron chi connectivity index (χ2n) is 6.56. The van der Waals surface area contributed by atoms with Crippen molar-refractivity contribution in [1.82, 2.24) is 5.32 Å². The average Bonchev–Trinajstić information content (AvgIpc) is 3.09. The van der Waals surface area contributed by atoms with Crippen LogP contribution in [0.3, 0.4) is 0 Å². The van der Waals surface area contributed by atoms with E-state index in [1.165, 1.54) is 7.11 Å². The highest BCUT2D eigenvalue weighted by molar-refractivity contribution is 6.01. The van der Waals surface area contributed by atoms with Crippen LogP contribution in [0.1, 0.15) is 33.5 Å². The van der Waals surface area contributed by atoms with E-state index in [0.717, 1.165) is 5.56 Å². The van der Waals surface area contributed by atoms with Crippen LogP contribution in [0.25, 0.3) is 0 Å². The maximum absolute atomic E-state index is 12.9. The number of methoxy groups -OCH3 is 1. The number of hydrogen-bond acceptors (Lipinski definition) is 4. The molecule has 1 amide bonds. The van der Waals surface area contributed by atoms with Crippen molar-refractivity contribution in [2.45, 2.75) is 17.4 Å². The molecule has 5 heteroatoms. The van der Waals surface area contributed by atoms with Crippen molar-refractivity contribution in [1.29, 1.82) is 0 Å². The first-order chi connectivity index (χ1) is 13.2. The van der Waals surface area contributed by atoms with Gasteiger partial charge in [0.2, 0.25) is 0 Å². The van der Waals surface area contributed by atoms with Crippen LogP contribution in [0.2, 0.25) is 0 Å². The van der Waals surface area contributed by atoms with E-state index < -0.39 is 11.5 Å². The van der Waals surface area contributed by atoms with E-state index in [4.69, 9.17) is 9.15 Å². The molecule has 1 N–H and O–H groups in total. The number of carbonyl (C=O) groups is 2. The molecule has 1 fully saturated rings. The molecular weight excluding hydrogens is 342 g/mol. The highest BCUT2D eigenvalue weighted by Gasteiger charge is 2.73. The molecule has 4 rings (SSSR count). The summed E-state index contributed by atoms with van der Waals surface area (Å²) in [4.78, 5) is 25.7. The fourth-order valence-electron chi connectivity index (χ4n) is 3.84. The maximum atomic E-state index is 12.9. The van der Waals surface area contributed by atoms with Crippen LogP contribution < -0.4 is 5.32 Å². The van der Waals surface area contributed by atoms with Crippen LogP contribution in [0, 0.1) is 0 Å². The molecule has 0 aliphatic heterocycles. The number of nitrogens with one attached hydrogen (secondary N) is 1. The molecule has 0 bridgehead atoms. The third-order valence-electron chi connectivity index (χ3n) is 5.09. The zero-order valence-electron chi connectivity index (χ0n) is 14.8. The second-order valence-corrected chi connectivity index (χ2v) is 6.56. The van der Waals surface area contributed by atoms with Gasteiger partial charge in [-0.05, 0) is 29.8 Å². The van der Waals surface area contributed by atoms with E-state index in [2.05, 4.69) is 5.32 Å².